The predicted molar refractivity (Wildman–Crippen MR) is 219 cm³/mol. The summed E-state index contributed by atoms with van der Waals surface area (Å²) in [6.45, 7) is 4.21. The largest absolute Gasteiger partial charge is 0.472 e. The first-order valence-corrected chi connectivity index (χ1v) is 22.0. The molecule has 0 saturated carbocycles. The number of unbranched alkanes of at least 4 members (excludes halogenated alkanes) is 12. The second kappa shape index (κ2) is 35.4. The Morgan fingerprint density at radius 3 is 1.66 bits per heavy atom. The van der Waals surface area contributed by atoms with Gasteiger partial charge < -0.3 is 18.9 Å². The van der Waals surface area contributed by atoms with Crippen molar-refractivity contribution in [3.8, 4) is 0 Å². The van der Waals surface area contributed by atoms with Crippen LogP contribution in [-0.2, 0) is 32.7 Å². The molecule has 0 radical (unpaired) electrons. The smallest absolute Gasteiger partial charge is 0.462 e. The van der Waals surface area contributed by atoms with Gasteiger partial charge in [0, 0.05) is 12.8 Å². The Morgan fingerprint density at radius 2 is 1.08 bits per heavy atom. The van der Waals surface area contributed by atoms with Crippen molar-refractivity contribution in [1.82, 2.24) is 0 Å². The number of hydrogen-bond acceptors (Lipinski definition) is 7. The van der Waals surface area contributed by atoms with E-state index in [0.717, 1.165) is 77.0 Å². The molecular formula is C43H77NO8P+. The van der Waals surface area contributed by atoms with Crippen molar-refractivity contribution < 1.29 is 42.1 Å². The van der Waals surface area contributed by atoms with Crippen molar-refractivity contribution >= 4 is 19.8 Å². The molecule has 0 aliphatic heterocycles. The molecule has 1 N–H and O–H groups in total. The Labute approximate surface area is 324 Å². The Morgan fingerprint density at radius 1 is 0.604 bits per heavy atom. The van der Waals surface area contributed by atoms with Crippen molar-refractivity contribution in [3.63, 3.8) is 0 Å². The van der Waals surface area contributed by atoms with E-state index in [4.69, 9.17) is 18.5 Å². The summed E-state index contributed by atoms with van der Waals surface area (Å²) in [5.41, 5.74) is 0. The Hall–Kier alpha value is -2.29. The van der Waals surface area contributed by atoms with Crippen molar-refractivity contribution in [1.29, 1.82) is 0 Å². The molecule has 53 heavy (non-hydrogen) atoms. The maximum absolute atomic E-state index is 12.6. The minimum absolute atomic E-state index is 0.0197. The van der Waals surface area contributed by atoms with Crippen molar-refractivity contribution in [3.05, 3.63) is 60.8 Å². The van der Waals surface area contributed by atoms with E-state index in [0.29, 0.717) is 17.4 Å². The van der Waals surface area contributed by atoms with Gasteiger partial charge in [0.05, 0.1) is 27.7 Å². The van der Waals surface area contributed by atoms with E-state index in [9.17, 15) is 19.0 Å². The lowest BCUT2D eigenvalue weighted by Gasteiger charge is -2.24. The first-order valence-electron chi connectivity index (χ1n) is 20.5. The first-order chi connectivity index (χ1) is 25.5. The van der Waals surface area contributed by atoms with E-state index in [-0.39, 0.29) is 26.1 Å². The highest BCUT2D eigenvalue weighted by Gasteiger charge is 2.27. The van der Waals surface area contributed by atoms with E-state index in [2.05, 4.69) is 74.6 Å². The van der Waals surface area contributed by atoms with Crippen LogP contribution in [0.25, 0.3) is 0 Å². The second-order valence-corrected chi connectivity index (χ2v) is 16.1. The van der Waals surface area contributed by atoms with Gasteiger partial charge in [-0.1, -0.05) is 120 Å². The molecule has 0 heterocycles. The summed E-state index contributed by atoms with van der Waals surface area (Å²) in [6, 6.07) is 0. The van der Waals surface area contributed by atoms with Gasteiger partial charge >= 0.3 is 19.8 Å². The zero-order valence-electron chi connectivity index (χ0n) is 34.2. The third kappa shape index (κ3) is 39.2. The Kier molecular flexibility index (Phi) is 33.9. The van der Waals surface area contributed by atoms with Crippen molar-refractivity contribution in [2.45, 2.75) is 155 Å². The van der Waals surface area contributed by atoms with Gasteiger partial charge in [0.25, 0.3) is 0 Å². The van der Waals surface area contributed by atoms with Crippen LogP contribution in [0.15, 0.2) is 60.8 Å². The van der Waals surface area contributed by atoms with Gasteiger partial charge in [-0.05, 0) is 77.0 Å². The van der Waals surface area contributed by atoms with Crippen LogP contribution in [0.4, 0.5) is 0 Å². The number of carbonyl (C=O) groups is 2. The molecule has 2 unspecified atom stereocenters. The molecule has 0 aliphatic carbocycles. The van der Waals surface area contributed by atoms with E-state index in [1.807, 2.05) is 21.1 Å². The highest BCUT2D eigenvalue weighted by atomic mass is 31.2. The fraction of sp³-hybridized carbons (Fsp3) is 0.721. The van der Waals surface area contributed by atoms with Crippen molar-refractivity contribution in [2.24, 2.45) is 0 Å². The van der Waals surface area contributed by atoms with Crippen molar-refractivity contribution in [2.75, 3.05) is 47.5 Å². The molecule has 0 aromatic heterocycles. The zero-order chi connectivity index (χ0) is 39.3. The van der Waals surface area contributed by atoms with Crippen LogP contribution in [0.5, 0.6) is 0 Å². The van der Waals surface area contributed by atoms with Crippen LogP contribution in [-0.4, -0.2) is 74.9 Å². The summed E-state index contributed by atoms with van der Waals surface area (Å²) in [4.78, 5) is 35.2. The molecule has 306 valence electrons. The normalized spacial score (nSPS) is 14.3. The Balaban J connectivity index is 4.50. The maximum Gasteiger partial charge on any atom is 0.472 e. The van der Waals surface area contributed by atoms with Gasteiger partial charge in [-0.2, -0.15) is 0 Å². The quantitative estimate of drug-likeness (QED) is 0.0221. The first kappa shape index (κ1) is 50.7. The fourth-order valence-electron chi connectivity index (χ4n) is 5.06. The molecule has 0 saturated heterocycles. The standard InChI is InChI=1S/C43H76NO8P/c1-6-8-10-12-14-16-18-20-22-24-26-28-30-32-34-36-43(46)52-41(40-51-53(47,48)50-38-37-44(3,4)5)39-49-42(45)35-33-31-29-27-25-23-21-19-17-15-13-11-9-7-2/h8,10,14,16,19-22,26,28,41H,6-7,9,11-13,15,17-18,23-25,27,29-40H2,1-5H3/p+1/b10-8-,16-14-,21-19-,22-20-,28-26-. The van der Waals surface area contributed by atoms with E-state index >= 15 is 0 Å². The van der Waals surface area contributed by atoms with Crippen LogP contribution in [0.3, 0.4) is 0 Å². The highest BCUT2D eigenvalue weighted by Crippen LogP contribution is 2.43. The lowest BCUT2D eigenvalue weighted by molar-refractivity contribution is -0.870. The number of nitrogens with zero attached hydrogens (tertiary/aromatic N) is 1. The van der Waals surface area contributed by atoms with Gasteiger partial charge in [-0.25, -0.2) is 4.57 Å². The molecule has 10 heteroatoms. The topological polar surface area (TPSA) is 108 Å². The average molecular weight is 767 g/mol. The molecular weight excluding hydrogens is 689 g/mol. The van der Waals surface area contributed by atoms with Gasteiger partial charge in [0.1, 0.15) is 19.8 Å². The predicted octanol–water partition coefficient (Wildman–Crippen LogP) is 11.3. The number of esters is 2. The number of hydrogen-bond donors (Lipinski definition) is 1. The number of phosphoric ester groups is 1. The van der Waals surface area contributed by atoms with E-state index < -0.39 is 32.5 Å². The number of phosphoric acid groups is 1. The molecule has 0 spiro atoms. The van der Waals surface area contributed by atoms with Gasteiger partial charge in [-0.3, -0.25) is 18.6 Å². The lowest BCUT2D eigenvalue weighted by atomic mass is 10.1. The molecule has 0 aromatic rings. The van der Waals surface area contributed by atoms with Crippen LogP contribution >= 0.6 is 7.82 Å². The summed E-state index contributed by atoms with van der Waals surface area (Å²) < 4.78 is 34.2. The van der Waals surface area contributed by atoms with Crippen LogP contribution in [0.2, 0.25) is 0 Å². The van der Waals surface area contributed by atoms with Gasteiger partial charge in [0.15, 0.2) is 6.10 Å². The number of rotatable bonds is 36. The van der Waals surface area contributed by atoms with E-state index in [1.54, 1.807) is 0 Å². The lowest BCUT2D eigenvalue weighted by Crippen LogP contribution is -2.37. The highest BCUT2D eigenvalue weighted by molar-refractivity contribution is 7.47. The number of carbonyl (C=O) groups excluding carboxylic acids is 2. The third-order valence-corrected chi connectivity index (χ3v) is 9.27. The van der Waals surface area contributed by atoms with Crippen LogP contribution in [0.1, 0.15) is 149 Å². The van der Waals surface area contributed by atoms with Gasteiger partial charge in [-0.15, -0.1) is 0 Å². The SMILES string of the molecule is CC/C=C\C/C=C\C/C=C\C/C=C\CCCCC(=O)OC(COC(=O)CCCCCCC/C=C\CCCCCCC)COP(=O)(O)OCC[N+](C)(C)C. The second-order valence-electron chi connectivity index (χ2n) is 14.6. The summed E-state index contributed by atoms with van der Waals surface area (Å²) in [7, 11) is 1.43. The molecule has 2 atom stereocenters. The molecule has 0 rings (SSSR count). The molecule has 0 aliphatic rings. The number of likely N-dealkylation sites (N-methyl/N-ethyl adjacent to an activating group) is 1. The minimum atomic E-state index is -4.39. The minimum Gasteiger partial charge on any atom is -0.462 e. The summed E-state index contributed by atoms with van der Waals surface area (Å²) in [5, 5.41) is 0. The molecule has 0 fully saturated rings. The Bertz CT molecular complexity index is 1090. The number of quaternary nitrogens is 1. The molecule has 0 bridgehead atoms. The van der Waals surface area contributed by atoms with Crippen LogP contribution in [0, 0.1) is 0 Å². The molecule has 0 amide bonds. The number of allylic oxidation sites excluding steroid dienone is 10. The monoisotopic (exact) mass is 767 g/mol. The van der Waals surface area contributed by atoms with Crippen LogP contribution < -0.4 is 0 Å². The van der Waals surface area contributed by atoms with E-state index in [1.165, 1.54) is 38.5 Å². The number of ether oxygens (including phenoxy) is 2. The molecule has 0 aromatic carbocycles. The molecule has 9 nitrogen and oxygen atoms in total. The summed E-state index contributed by atoms with van der Waals surface area (Å²) in [5.74, 6) is -0.863. The summed E-state index contributed by atoms with van der Waals surface area (Å²) in [6.07, 6.45) is 41.3. The van der Waals surface area contributed by atoms with Gasteiger partial charge in [0.2, 0.25) is 0 Å². The third-order valence-electron chi connectivity index (χ3n) is 8.28. The zero-order valence-corrected chi connectivity index (χ0v) is 35.1. The summed E-state index contributed by atoms with van der Waals surface area (Å²) >= 11 is 0. The fourth-order valence-corrected chi connectivity index (χ4v) is 5.80. The maximum atomic E-state index is 12.6. The average Bonchev–Trinajstić information content (AvgIpc) is 3.10.